The lowest BCUT2D eigenvalue weighted by molar-refractivity contribution is -0.151. The van der Waals surface area contributed by atoms with E-state index in [-0.39, 0.29) is 12.5 Å². The predicted molar refractivity (Wildman–Crippen MR) is 60.3 cm³/mol. The Bertz CT molecular complexity index is 399. The zero-order chi connectivity index (χ0) is 14.3. The van der Waals surface area contributed by atoms with Gasteiger partial charge in [0.25, 0.3) is 5.91 Å². The van der Waals surface area contributed by atoms with E-state index in [1.54, 1.807) is 6.92 Å². The molecule has 0 radical (unpaired) electrons. The molecule has 2 atom stereocenters. The summed E-state index contributed by atoms with van der Waals surface area (Å²) in [5.74, 6) is -0.772. The number of piperidine rings is 1. The molecule has 2 aliphatic heterocycles. The van der Waals surface area contributed by atoms with Crippen LogP contribution in [0.5, 0.6) is 0 Å². The largest absolute Gasteiger partial charge is 0.401 e. The van der Waals surface area contributed by atoms with Crippen molar-refractivity contribution < 1.29 is 22.8 Å². The van der Waals surface area contributed by atoms with Gasteiger partial charge in [0, 0.05) is 12.5 Å². The molecule has 3 amide bonds. The number of imide groups is 1. The van der Waals surface area contributed by atoms with Crippen LogP contribution >= 0.6 is 0 Å². The molecule has 5 nitrogen and oxygen atoms in total. The highest BCUT2D eigenvalue weighted by atomic mass is 19.4. The number of nitrogens with one attached hydrogen (secondary N) is 2. The maximum Gasteiger partial charge on any atom is 0.401 e. The molecule has 2 saturated heterocycles. The number of amides is 3. The first-order valence-electron chi connectivity index (χ1n) is 6.13. The maximum atomic E-state index is 12.4. The first kappa shape index (κ1) is 14.1. The van der Waals surface area contributed by atoms with Crippen LogP contribution in [0.2, 0.25) is 0 Å². The van der Waals surface area contributed by atoms with E-state index in [4.69, 9.17) is 0 Å². The van der Waals surface area contributed by atoms with E-state index in [0.717, 1.165) is 0 Å². The topological polar surface area (TPSA) is 61.4 Å². The molecule has 108 valence electrons. The Balaban J connectivity index is 2.05. The van der Waals surface area contributed by atoms with Gasteiger partial charge in [-0.05, 0) is 26.3 Å². The van der Waals surface area contributed by atoms with Crippen molar-refractivity contribution in [1.82, 2.24) is 15.5 Å². The van der Waals surface area contributed by atoms with Crippen LogP contribution in [0.25, 0.3) is 0 Å². The number of nitrogens with zero attached hydrogens (tertiary/aromatic N) is 1. The molecular formula is C11H16F3N3O2. The summed E-state index contributed by atoms with van der Waals surface area (Å²) < 4.78 is 37.2. The summed E-state index contributed by atoms with van der Waals surface area (Å²) in [7, 11) is 0. The molecule has 0 bridgehead atoms. The van der Waals surface area contributed by atoms with E-state index in [1.165, 1.54) is 4.90 Å². The highest BCUT2D eigenvalue weighted by Crippen LogP contribution is 2.31. The Morgan fingerprint density at radius 3 is 2.63 bits per heavy atom. The Labute approximate surface area is 108 Å². The van der Waals surface area contributed by atoms with Crippen LogP contribution in [-0.2, 0) is 4.79 Å². The van der Waals surface area contributed by atoms with Gasteiger partial charge in [-0.3, -0.25) is 15.0 Å². The average Bonchev–Trinajstić information content (AvgIpc) is 2.51. The van der Waals surface area contributed by atoms with Crippen molar-refractivity contribution in [2.75, 3.05) is 19.6 Å². The lowest BCUT2D eigenvalue weighted by atomic mass is 9.80. The van der Waals surface area contributed by atoms with Gasteiger partial charge in [0.1, 0.15) is 5.54 Å². The molecule has 2 heterocycles. The first-order chi connectivity index (χ1) is 8.71. The second-order valence-corrected chi connectivity index (χ2v) is 5.30. The van der Waals surface area contributed by atoms with Gasteiger partial charge in [0.2, 0.25) is 0 Å². The van der Waals surface area contributed by atoms with Crippen molar-refractivity contribution in [3.8, 4) is 0 Å². The van der Waals surface area contributed by atoms with E-state index in [2.05, 4.69) is 10.6 Å². The van der Waals surface area contributed by atoms with Gasteiger partial charge >= 0.3 is 12.2 Å². The van der Waals surface area contributed by atoms with E-state index in [1.807, 2.05) is 0 Å². The first-order valence-corrected chi connectivity index (χ1v) is 6.13. The summed E-state index contributed by atoms with van der Waals surface area (Å²) in [5, 5.41) is 4.66. The summed E-state index contributed by atoms with van der Waals surface area (Å²) >= 11 is 0. The summed E-state index contributed by atoms with van der Waals surface area (Å²) in [6.45, 7) is 1.11. The fraction of sp³-hybridized carbons (Fsp3) is 0.818. The fourth-order valence-electron chi connectivity index (χ4n) is 2.77. The molecule has 0 aliphatic carbocycles. The number of alkyl halides is 3. The van der Waals surface area contributed by atoms with Crippen molar-refractivity contribution in [2.24, 2.45) is 5.92 Å². The van der Waals surface area contributed by atoms with Crippen LogP contribution in [0.4, 0.5) is 18.0 Å². The second kappa shape index (κ2) is 4.66. The van der Waals surface area contributed by atoms with Crippen molar-refractivity contribution in [1.29, 1.82) is 0 Å². The SMILES string of the molecule is C[C@]1([C@H]2CCCN(CC(F)(F)F)C2)NC(=O)NC1=O. The Hall–Kier alpha value is -1.31. The van der Waals surface area contributed by atoms with Gasteiger partial charge in [-0.2, -0.15) is 13.2 Å². The van der Waals surface area contributed by atoms with Crippen LogP contribution in [0.1, 0.15) is 19.8 Å². The quantitative estimate of drug-likeness (QED) is 0.737. The zero-order valence-electron chi connectivity index (χ0n) is 10.5. The van der Waals surface area contributed by atoms with Gasteiger partial charge in [0.05, 0.1) is 6.54 Å². The van der Waals surface area contributed by atoms with Gasteiger partial charge in [-0.25, -0.2) is 4.79 Å². The average molecular weight is 279 g/mol. The minimum atomic E-state index is -4.25. The summed E-state index contributed by atoms with van der Waals surface area (Å²) in [6, 6.07) is -0.583. The third-order valence-corrected chi connectivity index (χ3v) is 3.80. The molecule has 2 rings (SSSR count). The number of rotatable bonds is 2. The number of carbonyl (C=O) groups is 2. The Morgan fingerprint density at radius 1 is 1.42 bits per heavy atom. The molecule has 0 saturated carbocycles. The number of urea groups is 1. The van der Waals surface area contributed by atoms with Crippen molar-refractivity contribution >= 4 is 11.9 Å². The van der Waals surface area contributed by atoms with Gasteiger partial charge < -0.3 is 5.32 Å². The van der Waals surface area contributed by atoms with Crippen LogP contribution in [0.3, 0.4) is 0 Å². The predicted octanol–water partition coefficient (Wildman–Crippen LogP) is 0.859. The highest BCUT2D eigenvalue weighted by Gasteiger charge is 2.49. The van der Waals surface area contributed by atoms with Crippen LogP contribution in [0, 0.1) is 5.92 Å². The molecule has 0 spiro atoms. The van der Waals surface area contributed by atoms with E-state index in [0.29, 0.717) is 19.4 Å². The maximum absolute atomic E-state index is 12.4. The van der Waals surface area contributed by atoms with E-state index in [9.17, 15) is 22.8 Å². The molecule has 2 N–H and O–H groups in total. The number of carbonyl (C=O) groups excluding carboxylic acids is 2. The standard InChI is InChI=1S/C11H16F3N3O2/c1-10(8(18)15-9(19)16-10)7-3-2-4-17(5-7)6-11(12,13)14/h7H,2-6H2,1H3,(H2,15,16,18,19)/t7-,10+/m0/s1. The summed E-state index contributed by atoms with van der Waals surface area (Å²) in [5.41, 5.74) is -1.11. The second-order valence-electron chi connectivity index (χ2n) is 5.30. The lowest BCUT2D eigenvalue weighted by Crippen LogP contribution is -2.56. The van der Waals surface area contributed by atoms with Crippen LogP contribution < -0.4 is 10.6 Å². The monoisotopic (exact) mass is 279 g/mol. The molecular weight excluding hydrogens is 263 g/mol. The van der Waals surface area contributed by atoms with Crippen molar-refractivity contribution in [2.45, 2.75) is 31.5 Å². The zero-order valence-corrected chi connectivity index (χ0v) is 10.5. The summed E-state index contributed by atoms with van der Waals surface area (Å²) in [4.78, 5) is 24.2. The lowest BCUT2D eigenvalue weighted by Gasteiger charge is -2.39. The van der Waals surface area contributed by atoms with E-state index < -0.39 is 30.2 Å². The third-order valence-electron chi connectivity index (χ3n) is 3.80. The minimum absolute atomic E-state index is 0.156. The third kappa shape index (κ3) is 2.99. The number of hydrogen-bond acceptors (Lipinski definition) is 3. The molecule has 0 aromatic rings. The Morgan fingerprint density at radius 2 is 2.11 bits per heavy atom. The molecule has 19 heavy (non-hydrogen) atoms. The molecule has 2 aliphatic rings. The van der Waals surface area contributed by atoms with Gasteiger partial charge in [0.15, 0.2) is 0 Å². The molecule has 8 heteroatoms. The summed E-state index contributed by atoms with van der Waals surface area (Å²) in [6.07, 6.45) is -3.04. The minimum Gasteiger partial charge on any atom is -0.323 e. The molecule has 0 unspecified atom stereocenters. The van der Waals surface area contributed by atoms with Gasteiger partial charge in [-0.1, -0.05) is 0 Å². The molecule has 0 aromatic heterocycles. The molecule has 2 fully saturated rings. The smallest absolute Gasteiger partial charge is 0.323 e. The van der Waals surface area contributed by atoms with Crippen molar-refractivity contribution in [3.63, 3.8) is 0 Å². The van der Waals surface area contributed by atoms with E-state index >= 15 is 0 Å². The van der Waals surface area contributed by atoms with Crippen LogP contribution in [-0.4, -0.2) is 48.2 Å². The normalized spacial score (nSPS) is 33.2. The van der Waals surface area contributed by atoms with Crippen molar-refractivity contribution in [3.05, 3.63) is 0 Å². The highest BCUT2D eigenvalue weighted by molar-refractivity contribution is 6.06. The number of likely N-dealkylation sites (tertiary alicyclic amines) is 1. The van der Waals surface area contributed by atoms with Gasteiger partial charge in [-0.15, -0.1) is 0 Å². The Kier molecular flexibility index (Phi) is 3.46. The molecule has 0 aromatic carbocycles. The fourth-order valence-corrected chi connectivity index (χ4v) is 2.77. The number of halogens is 3. The van der Waals surface area contributed by atoms with Crippen LogP contribution in [0.15, 0.2) is 0 Å². The number of hydrogen-bond donors (Lipinski definition) is 2.